The van der Waals surface area contributed by atoms with Gasteiger partial charge < -0.3 is 15.2 Å². The number of carbonyl (C=O) groups excluding carboxylic acids is 2. The Hall–Kier alpha value is -2.37. The summed E-state index contributed by atoms with van der Waals surface area (Å²) in [5.74, 6) is -0.329. The molecular formula is C15H18N4O2. The van der Waals surface area contributed by atoms with E-state index in [4.69, 9.17) is 0 Å². The van der Waals surface area contributed by atoms with Gasteiger partial charge in [0, 0.05) is 19.2 Å². The van der Waals surface area contributed by atoms with E-state index in [1.807, 2.05) is 17.7 Å². The second-order valence-electron chi connectivity index (χ2n) is 5.37. The standard InChI is InChI=1S/C15H18N4O2/c1-19-9-17-12-8-10(5-6-13(12)19)14(20)18-11-4-2-3-7-16-15(11)21/h5-6,8-9,11H,2-4,7H2,1H3,(H,16,21)(H,18,20). The maximum Gasteiger partial charge on any atom is 0.252 e. The van der Waals surface area contributed by atoms with Gasteiger partial charge in [-0.2, -0.15) is 0 Å². The van der Waals surface area contributed by atoms with Gasteiger partial charge in [0.15, 0.2) is 0 Å². The summed E-state index contributed by atoms with van der Waals surface area (Å²) >= 11 is 0. The molecule has 110 valence electrons. The molecular weight excluding hydrogens is 268 g/mol. The molecule has 3 rings (SSSR count). The van der Waals surface area contributed by atoms with Crippen LogP contribution in [-0.4, -0.2) is 34.0 Å². The number of rotatable bonds is 2. The van der Waals surface area contributed by atoms with E-state index in [1.165, 1.54) is 0 Å². The number of imidazole rings is 1. The zero-order chi connectivity index (χ0) is 14.8. The summed E-state index contributed by atoms with van der Waals surface area (Å²) in [6.45, 7) is 0.686. The molecule has 2 amide bonds. The Morgan fingerprint density at radius 3 is 3.14 bits per heavy atom. The van der Waals surface area contributed by atoms with Gasteiger partial charge in [-0.1, -0.05) is 0 Å². The van der Waals surface area contributed by atoms with E-state index < -0.39 is 6.04 Å². The van der Waals surface area contributed by atoms with Gasteiger partial charge in [-0.3, -0.25) is 9.59 Å². The van der Waals surface area contributed by atoms with Crippen molar-refractivity contribution in [3.63, 3.8) is 0 Å². The highest BCUT2D eigenvalue weighted by Gasteiger charge is 2.23. The number of hydrogen-bond acceptors (Lipinski definition) is 3. The number of hydrogen-bond donors (Lipinski definition) is 2. The second-order valence-corrected chi connectivity index (χ2v) is 5.37. The fourth-order valence-electron chi connectivity index (χ4n) is 2.60. The Kier molecular flexibility index (Phi) is 3.60. The first-order valence-electron chi connectivity index (χ1n) is 7.15. The third-order valence-corrected chi connectivity index (χ3v) is 3.83. The van der Waals surface area contributed by atoms with E-state index in [0.29, 0.717) is 18.5 Å². The average molecular weight is 286 g/mol. The van der Waals surface area contributed by atoms with E-state index in [2.05, 4.69) is 15.6 Å². The van der Waals surface area contributed by atoms with Crippen LogP contribution in [0.25, 0.3) is 11.0 Å². The van der Waals surface area contributed by atoms with Crippen LogP contribution in [0, 0.1) is 0 Å². The van der Waals surface area contributed by atoms with E-state index in [-0.39, 0.29) is 11.8 Å². The molecule has 2 aromatic rings. The first-order chi connectivity index (χ1) is 10.1. The fraction of sp³-hybridized carbons (Fsp3) is 0.400. The minimum atomic E-state index is -0.445. The molecule has 1 unspecified atom stereocenters. The summed E-state index contributed by atoms with van der Waals surface area (Å²) in [6, 6.07) is 4.93. The van der Waals surface area contributed by atoms with Crippen LogP contribution in [0.2, 0.25) is 0 Å². The monoisotopic (exact) mass is 286 g/mol. The van der Waals surface area contributed by atoms with Crippen molar-refractivity contribution in [2.45, 2.75) is 25.3 Å². The summed E-state index contributed by atoms with van der Waals surface area (Å²) in [4.78, 5) is 28.4. The molecule has 2 heterocycles. The Morgan fingerprint density at radius 1 is 1.43 bits per heavy atom. The number of aryl methyl sites for hydroxylation is 1. The summed E-state index contributed by atoms with van der Waals surface area (Å²) < 4.78 is 1.90. The number of nitrogens with zero attached hydrogens (tertiary/aromatic N) is 2. The van der Waals surface area contributed by atoms with Gasteiger partial charge in [0.1, 0.15) is 6.04 Å². The first-order valence-corrected chi connectivity index (χ1v) is 7.15. The van der Waals surface area contributed by atoms with Gasteiger partial charge in [-0.25, -0.2) is 4.98 Å². The largest absolute Gasteiger partial charge is 0.354 e. The fourth-order valence-corrected chi connectivity index (χ4v) is 2.60. The van der Waals surface area contributed by atoms with Gasteiger partial charge in [0.05, 0.1) is 17.4 Å². The molecule has 0 spiro atoms. The molecule has 0 bridgehead atoms. The Morgan fingerprint density at radius 2 is 2.29 bits per heavy atom. The molecule has 1 aliphatic heterocycles. The molecule has 1 saturated heterocycles. The van der Waals surface area contributed by atoms with E-state index >= 15 is 0 Å². The lowest BCUT2D eigenvalue weighted by atomic mass is 10.1. The van der Waals surface area contributed by atoms with Gasteiger partial charge in [-0.15, -0.1) is 0 Å². The van der Waals surface area contributed by atoms with Crippen molar-refractivity contribution < 1.29 is 9.59 Å². The van der Waals surface area contributed by atoms with Gasteiger partial charge in [0.25, 0.3) is 5.91 Å². The highest BCUT2D eigenvalue weighted by molar-refractivity contribution is 5.99. The molecule has 6 nitrogen and oxygen atoms in total. The molecule has 2 N–H and O–H groups in total. The molecule has 21 heavy (non-hydrogen) atoms. The van der Waals surface area contributed by atoms with Gasteiger partial charge in [-0.05, 0) is 37.5 Å². The topological polar surface area (TPSA) is 76.0 Å². The normalized spacial score (nSPS) is 19.1. The highest BCUT2D eigenvalue weighted by Crippen LogP contribution is 2.14. The summed E-state index contributed by atoms with van der Waals surface area (Å²) in [5, 5.41) is 5.63. The van der Waals surface area contributed by atoms with Crippen LogP contribution >= 0.6 is 0 Å². The third kappa shape index (κ3) is 2.74. The van der Waals surface area contributed by atoms with Crippen LogP contribution in [0.4, 0.5) is 0 Å². The van der Waals surface area contributed by atoms with Crippen LogP contribution < -0.4 is 10.6 Å². The predicted octanol–water partition coefficient (Wildman–Crippen LogP) is 0.972. The lowest BCUT2D eigenvalue weighted by Crippen LogP contribution is -2.45. The Balaban J connectivity index is 1.78. The number of benzene rings is 1. The minimum Gasteiger partial charge on any atom is -0.354 e. The van der Waals surface area contributed by atoms with Gasteiger partial charge in [0.2, 0.25) is 5.91 Å². The van der Waals surface area contributed by atoms with E-state index in [0.717, 1.165) is 23.9 Å². The minimum absolute atomic E-state index is 0.0974. The molecule has 0 radical (unpaired) electrons. The number of nitrogens with one attached hydrogen (secondary N) is 2. The molecule has 1 atom stereocenters. The van der Waals surface area contributed by atoms with Crippen molar-refractivity contribution in [3.05, 3.63) is 30.1 Å². The number of amides is 2. The summed E-state index contributed by atoms with van der Waals surface area (Å²) in [7, 11) is 1.91. The van der Waals surface area contributed by atoms with Crippen molar-refractivity contribution >= 4 is 22.8 Å². The molecule has 6 heteroatoms. The molecule has 1 aromatic heterocycles. The SMILES string of the molecule is Cn1cnc2cc(C(=O)NC3CCCCNC3=O)ccc21. The molecule has 1 fully saturated rings. The zero-order valence-corrected chi connectivity index (χ0v) is 11.9. The second kappa shape index (κ2) is 5.55. The number of carbonyl (C=O) groups is 2. The van der Waals surface area contributed by atoms with E-state index in [9.17, 15) is 9.59 Å². The first kappa shape index (κ1) is 13.6. The quantitative estimate of drug-likeness (QED) is 0.864. The maximum atomic E-state index is 12.3. The van der Waals surface area contributed by atoms with Crippen molar-refractivity contribution in [2.75, 3.05) is 6.54 Å². The van der Waals surface area contributed by atoms with Crippen LogP contribution in [0.3, 0.4) is 0 Å². The smallest absolute Gasteiger partial charge is 0.252 e. The zero-order valence-electron chi connectivity index (χ0n) is 11.9. The number of aromatic nitrogens is 2. The van der Waals surface area contributed by atoms with Crippen LogP contribution in [0.15, 0.2) is 24.5 Å². The van der Waals surface area contributed by atoms with E-state index in [1.54, 1.807) is 18.5 Å². The molecule has 1 aliphatic rings. The lowest BCUT2D eigenvalue weighted by molar-refractivity contribution is -0.122. The Bertz CT molecular complexity index is 692. The summed E-state index contributed by atoms with van der Waals surface area (Å²) in [5.41, 5.74) is 2.27. The molecule has 0 aliphatic carbocycles. The van der Waals surface area contributed by atoms with Crippen molar-refractivity contribution in [3.8, 4) is 0 Å². The third-order valence-electron chi connectivity index (χ3n) is 3.83. The van der Waals surface area contributed by atoms with Crippen LogP contribution in [0.1, 0.15) is 29.6 Å². The maximum absolute atomic E-state index is 12.3. The lowest BCUT2D eigenvalue weighted by Gasteiger charge is -2.15. The van der Waals surface area contributed by atoms with Crippen LogP contribution in [-0.2, 0) is 11.8 Å². The van der Waals surface area contributed by atoms with Crippen molar-refractivity contribution in [2.24, 2.45) is 7.05 Å². The number of fused-ring (bicyclic) bond motifs is 1. The van der Waals surface area contributed by atoms with Crippen LogP contribution in [0.5, 0.6) is 0 Å². The summed E-state index contributed by atoms with van der Waals surface area (Å²) in [6.07, 6.45) is 4.29. The highest BCUT2D eigenvalue weighted by atomic mass is 16.2. The predicted molar refractivity (Wildman–Crippen MR) is 78.8 cm³/mol. The Labute approximate surface area is 122 Å². The van der Waals surface area contributed by atoms with Gasteiger partial charge >= 0.3 is 0 Å². The molecule has 0 saturated carbocycles. The van der Waals surface area contributed by atoms with Crippen molar-refractivity contribution in [1.29, 1.82) is 0 Å². The average Bonchev–Trinajstić information content (AvgIpc) is 2.73. The van der Waals surface area contributed by atoms with Crippen molar-refractivity contribution in [1.82, 2.24) is 20.2 Å². The molecule has 1 aromatic carbocycles.